The van der Waals surface area contributed by atoms with Crippen molar-refractivity contribution in [3.05, 3.63) is 0 Å². The molecule has 0 saturated heterocycles. The summed E-state index contributed by atoms with van der Waals surface area (Å²) in [5, 5.41) is 214. The zero-order valence-electron chi connectivity index (χ0n) is 53.2. The molecule has 30 heteroatoms. The molecule has 0 fully saturated rings. The monoisotopic (exact) mass is 2180 g/mol. The van der Waals surface area contributed by atoms with Crippen LogP contribution in [0.5, 0.6) is 0 Å². The van der Waals surface area contributed by atoms with Crippen LogP contribution >= 0.6 is 0 Å². The molecule has 0 aliphatic carbocycles. The molecule has 78 heavy (non-hydrogen) atoms. The van der Waals surface area contributed by atoms with Crippen LogP contribution < -0.4 is 123 Å². The SMILES string of the molecule is CC[O-].CC[O-].CC[O-].CC[O-].CC[O-].CC[O-].CC[O-].CC[O-].CC[O-].CC[O-].CC[O-].CC[O-].CC[O-].CC[O-].CC[O-].CC[O-].CC[O-].CC[O-].CC[O-].CC[O-].CC[O-].CC[O-].CC[O-].CC[O-].[W+4].[W+4].[W+4].[W+4].[W+4].[W+4]. The molecule has 0 heterocycles. The minimum atomic E-state index is 0. The van der Waals surface area contributed by atoms with Gasteiger partial charge in [0.15, 0.2) is 0 Å². The number of hydrogen-bond acceptors (Lipinski definition) is 24. The minimum Gasteiger partial charge on any atom is -0.855 e. The average molecular weight is 2180 g/mol. The smallest absolute Gasteiger partial charge is 0.855 e. The molecule has 0 radical (unpaired) electrons. The molecule has 0 amide bonds. The molecular formula is C48H120O24W6. The van der Waals surface area contributed by atoms with E-state index in [1.807, 2.05) is 0 Å². The number of hydrogen-bond donors (Lipinski definition) is 0. The van der Waals surface area contributed by atoms with Gasteiger partial charge in [0.25, 0.3) is 0 Å². The van der Waals surface area contributed by atoms with E-state index in [2.05, 4.69) is 0 Å². The van der Waals surface area contributed by atoms with Crippen LogP contribution in [0.4, 0.5) is 0 Å². The van der Waals surface area contributed by atoms with Crippen LogP contribution in [-0.2, 0) is 126 Å². The first-order valence-electron chi connectivity index (χ1n) is 23.9. The van der Waals surface area contributed by atoms with Gasteiger partial charge in [-0.15, -0.1) is 159 Å². The standard InChI is InChI=1S/24C2H5O.6W/c24*1-2-3;;;;;;/h24*2H2,1H3;;;;;;/q24*-1;6*+4. The second-order valence-electron chi connectivity index (χ2n) is 6.93. The molecule has 0 spiro atoms. The Morgan fingerprint density at radius 2 is 0.0897 bits per heavy atom. The van der Waals surface area contributed by atoms with Gasteiger partial charge in [-0.3, -0.25) is 0 Å². The van der Waals surface area contributed by atoms with Crippen LogP contribution in [0.2, 0.25) is 0 Å². The van der Waals surface area contributed by atoms with Crippen LogP contribution in [0.25, 0.3) is 0 Å². The van der Waals surface area contributed by atoms with Gasteiger partial charge >= 0.3 is 126 Å². The molecule has 24 nitrogen and oxygen atoms in total. The summed E-state index contributed by atoms with van der Waals surface area (Å²) in [6.45, 7) is 37.7. The molecule has 0 rings (SSSR count). The minimum absolute atomic E-state index is 0. The normalized spacial score (nSPS) is 5.54. The van der Waals surface area contributed by atoms with Crippen molar-refractivity contribution in [2.24, 2.45) is 0 Å². The summed E-state index contributed by atoms with van der Waals surface area (Å²) in [7, 11) is 0. The molecule has 0 unspecified atom stereocenters. The van der Waals surface area contributed by atoms with Crippen molar-refractivity contribution in [2.45, 2.75) is 166 Å². The molecule has 0 aromatic carbocycles. The van der Waals surface area contributed by atoms with Crippen molar-refractivity contribution in [2.75, 3.05) is 159 Å². The maximum Gasteiger partial charge on any atom is 4.00 e. The topological polar surface area (TPSA) is 553 Å². The largest absolute Gasteiger partial charge is 4.00 e. The summed E-state index contributed by atoms with van der Waals surface area (Å²) in [4.78, 5) is 0. The van der Waals surface area contributed by atoms with Gasteiger partial charge in [0.05, 0.1) is 0 Å². The van der Waals surface area contributed by atoms with E-state index in [-0.39, 0.29) is 285 Å². The van der Waals surface area contributed by atoms with Gasteiger partial charge in [-0.05, 0) is 0 Å². The maximum atomic E-state index is 8.93. The van der Waals surface area contributed by atoms with Crippen LogP contribution in [0, 0.1) is 0 Å². The molecule has 0 aliphatic heterocycles. The van der Waals surface area contributed by atoms with Crippen LogP contribution in [0.1, 0.15) is 166 Å². The van der Waals surface area contributed by atoms with Gasteiger partial charge in [-0.25, -0.2) is 0 Å². The van der Waals surface area contributed by atoms with Crippen molar-refractivity contribution in [1.29, 1.82) is 0 Å². The summed E-state index contributed by atoms with van der Waals surface area (Å²) in [6.07, 6.45) is 0. The predicted octanol–water partition coefficient (Wildman–Crippen LogP) is -15.2. The zero-order valence-corrected chi connectivity index (χ0v) is 70.8. The van der Waals surface area contributed by atoms with Crippen molar-refractivity contribution < 1.29 is 249 Å². The summed E-state index contributed by atoms with van der Waals surface area (Å²) in [5.74, 6) is 0. The van der Waals surface area contributed by atoms with E-state index in [0.29, 0.717) is 0 Å². The second kappa shape index (κ2) is 681. The molecule has 0 saturated carbocycles. The predicted molar refractivity (Wildman–Crippen MR) is 253 cm³/mol. The summed E-state index contributed by atoms with van der Waals surface area (Å²) in [5.41, 5.74) is 0. The molecule has 0 aliphatic rings. The molecule has 492 valence electrons. The van der Waals surface area contributed by atoms with Crippen molar-refractivity contribution in [3.63, 3.8) is 0 Å². The Morgan fingerprint density at radius 1 is 0.0897 bits per heavy atom. The Balaban J connectivity index is -0.0000000110. The molecule has 0 atom stereocenters. The first-order valence-corrected chi connectivity index (χ1v) is 23.9. The molecule has 0 aromatic heterocycles. The van der Waals surface area contributed by atoms with E-state index < -0.39 is 0 Å². The Bertz CT molecular complexity index is 207. The quantitative estimate of drug-likeness (QED) is 0.217. The fourth-order valence-corrected chi connectivity index (χ4v) is 0. The Kier molecular flexibility index (Phi) is 1740. The van der Waals surface area contributed by atoms with Gasteiger partial charge in [0.2, 0.25) is 0 Å². The Morgan fingerprint density at radius 3 is 0.0897 bits per heavy atom. The van der Waals surface area contributed by atoms with Gasteiger partial charge in [-0.2, -0.15) is 0 Å². The molecule has 0 bridgehead atoms. The van der Waals surface area contributed by atoms with Crippen molar-refractivity contribution >= 4 is 0 Å². The Hall–Kier alpha value is 3.17. The van der Waals surface area contributed by atoms with Gasteiger partial charge < -0.3 is 123 Å². The van der Waals surface area contributed by atoms with E-state index >= 15 is 0 Å². The van der Waals surface area contributed by atoms with E-state index in [9.17, 15) is 0 Å². The first-order chi connectivity index (χ1) is 33.9. The summed E-state index contributed by atoms with van der Waals surface area (Å²) >= 11 is 0. The number of rotatable bonds is 0. The Labute approximate surface area is 568 Å². The molecule has 0 N–H and O–H groups in total. The fraction of sp³-hybridized carbons (Fsp3) is 1.00. The fourth-order valence-electron chi connectivity index (χ4n) is 0. The van der Waals surface area contributed by atoms with E-state index in [4.69, 9.17) is 123 Å². The average Bonchev–Trinajstić information content (AvgIpc) is 3.25. The van der Waals surface area contributed by atoms with E-state index in [1.165, 1.54) is 0 Å². The van der Waals surface area contributed by atoms with Crippen LogP contribution in [0.3, 0.4) is 0 Å². The third-order valence-corrected chi connectivity index (χ3v) is 0. The van der Waals surface area contributed by atoms with Crippen LogP contribution in [-0.4, -0.2) is 159 Å². The van der Waals surface area contributed by atoms with Crippen molar-refractivity contribution in [3.8, 4) is 0 Å². The van der Waals surface area contributed by atoms with Crippen molar-refractivity contribution in [1.82, 2.24) is 0 Å². The van der Waals surface area contributed by atoms with Gasteiger partial charge in [0.1, 0.15) is 0 Å². The first kappa shape index (κ1) is 199. The summed E-state index contributed by atoms with van der Waals surface area (Å²) < 4.78 is 0. The van der Waals surface area contributed by atoms with Crippen LogP contribution in [0.15, 0.2) is 0 Å². The molecule has 0 aromatic rings. The van der Waals surface area contributed by atoms with E-state index in [1.54, 1.807) is 166 Å². The summed E-state index contributed by atoms with van der Waals surface area (Å²) in [6, 6.07) is 0. The second-order valence-corrected chi connectivity index (χ2v) is 6.93. The zero-order chi connectivity index (χ0) is 65.0. The maximum absolute atomic E-state index is 8.93. The third kappa shape index (κ3) is 48100. The van der Waals surface area contributed by atoms with E-state index in [0.717, 1.165) is 0 Å². The molecular weight excluding hydrogens is 2060 g/mol. The third-order valence-electron chi connectivity index (χ3n) is 0. The van der Waals surface area contributed by atoms with Gasteiger partial charge in [0, 0.05) is 0 Å². The van der Waals surface area contributed by atoms with Gasteiger partial charge in [-0.1, -0.05) is 166 Å².